The maximum absolute atomic E-state index is 11.6. The molecule has 4 nitrogen and oxygen atoms in total. The average molecular weight is 228 g/mol. The number of amides is 1. The molecule has 94 valence electrons. The fraction of sp³-hybridized carbons (Fsp3) is 0.917. The Labute approximate surface area is 98.3 Å². The van der Waals surface area contributed by atoms with Crippen LogP contribution < -0.4 is 5.48 Å². The highest BCUT2D eigenvalue weighted by molar-refractivity contribution is 5.77. The molecule has 1 N–H and O–H groups in total. The molecule has 0 saturated carbocycles. The van der Waals surface area contributed by atoms with Crippen LogP contribution in [-0.2, 0) is 9.63 Å². The molecule has 0 atom stereocenters. The first kappa shape index (κ1) is 13.5. The number of nitrogens with one attached hydrogen (secondary N) is 1. The van der Waals surface area contributed by atoms with Crippen molar-refractivity contribution in [3.8, 4) is 0 Å². The molecular weight excluding hydrogens is 204 g/mol. The maximum Gasteiger partial charge on any atom is 0.246 e. The minimum Gasteiger partial charge on any atom is -0.301 e. The highest BCUT2D eigenvalue weighted by Gasteiger charge is 2.14. The Kier molecular flexibility index (Phi) is 6.42. The molecule has 0 bridgehead atoms. The number of carbonyl (C=O) groups excluding carboxylic acids is 1. The van der Waals surface area contributed by atoms with Crippen LogP contribution in [0.1, 0.15) is 39.5 Å². The van der Waals surface area contributed by atoms with Crippen LogP contribution in [0.15, 0.2) is 0 Å². The summed E-state index contributed by atoms with van der Waals surface area (Å²) >= 11 is 0. The van der Waals surface area contributed by atoms with Crippen molar-refractivity contribution in [2.24, 2.45) is 5.92 Å². The van der Waals surface area contributed by atoms with Gasteiger partial charge in [0.25, 0.3) is 0 Å². The third-order valence-electron chi connectivity index (χ3n) is 3.24. The summed E-state index contributed by atoms with van der Waals surface area (Å²) in [4.78, 5) is 19.1. The smallest absolute Gasteiger partial charge is 0.246 e. The first-order chi connectivity index (χ1) is 7.77. The Bertz CT molecular complexity index is 199. The molecule has 1 fully saturated rings. The lowest BCUT2D eigenvalue weighted by atomic mass is 10.0. The number of carbonyl (C=O) groups is 1. The van der Waals surface area contributed by atoms with E-state index in [1.165, 1.54) is 25.9 Å². The minimum atomic E-state index is 0.0198. The molecular formula is C12H24N2O2. The molecule has 1 heterocycles. The van der Waals surface area contributed by atoms with Crippen LogP contribution in [0.2, 0.25) is 0 Å². The van der Waals surface area contributed by atoms with Crippen LogP contribution in [0, 0.1) is 5.92 Å². The Balaban J connectivity index is 2.03. The third-order valence-corrected chi connectivity index (χ3v) is 3.24. The molecule has 0 aliphatic carbocycles. The van der Waals surface area contributed by atoms with Crippen LogP contribution in [0.25, 0.3) is 0 Å². The quantitative estimate of drug-likeness (QED) is 0.531. The van der Waals surface area contributed by atoms with Gasteiger partial charge in [-0.15, -0.1) is 0 Å². The van der Waals surface area contributed by atoms with Gasteiger partial charge in [0.15, 0.2) is 0 Å². The van der Waals surface area contributed by atoms with Crippen LogP contribution in [0.4, 0.5) is 0 Å². The largest absolute Gasteiger partial charge is 0.301 e. The van der Waals surface area contributed by atoms with Crippen LogP contribution in [0.5, 0.6) is 0 Å². The third kappa shape index (κ3) is 4.49. The van der Waals surface area contributed by atoms with Crippen molar-refractivity contribution in [2.45, 2.75) is 39.5 Å². The molecule has 0 radical (unpaired) electrons. The molecule has 1 rings (SSSR count). The van der Waals surface area contributed by atoms with Crippen molar-refractivity contribution >= 4 is 5.91 Å². The lowest BCUT2D eigenvalue weighted by Crippen LogP contribution is -2.33. The Morgan fingerprint density at radius 1 is 1.31 bits per heavy atom. The van der Waals surface area contributed by atoms with E-state index in [-0.39, 0.29) is 11.8 Å². The van der Waals surface area contributed by atoms with Gasteiger partial charge in [0.1, 0.15) is 0 Å². The molecule has 4 heteroatoms. The number of rotatable bonds is 7. The summed E-state index contributed by atoms with van der Waals surface area (Å²) in [6.45, 7) is 7.90. The summed E-state index contributed by atoms with van der Waals surface area (Å²) in [5.74, 6) is 0.109. The molecule has 0 spiro atoms. The summed E-state index contributed by atoms with van der Waals surface area (Å²) in [6.07, 6.45) is 4.33. The van der Waals surface area contributed by atoms with Gasteiger partial charge >= 0.3 is 0 Å². The molecule has 0 unspecified atom stereocenters. The SMILES string of the molecule is CCC(CC)C(=O)NOCCN1CCCC1. The summed E-state index contributed by atoms with van der Waals surface area (Å²) in [7, 11) is 0. The maximum atomic E-state index is 11.6. The Morgan fingerprint density at radius 2 is 1.94 bits per heavy atom. The molecule has 1 aliphatic rings. The fourth-order valence-corrected chi connectivity index (χ4v) is 2.05. The van der Waals surface area contributed by atoms with Crippen molar-refractivity contribution in [3.63, 3.8) is 0 Å². The second-order valence-electron chi connectivity index (χ2n) is 4.38. The Morgan fingerprint density at radius 3 is 2.50 bits per heavy atom. The van der Waals surface area contributed by atoms with Gasteiger partial charge in [-0.05, 0) is 38.8 Å². The number of hydrogen-bond acceptors (Lipinski definition) is 3. The normalized spacial score (nSPS) is 16.9. The van der Waals surface area contributed by atoms with E-state index in [1.807, 2.05) is 13.8 Å². The van der Waals surface area contributed by atoms with Crippen molar-refractivity contribution in [2.75, 3.05) is 26.2 Å². The minimum absolute atomic E-state index is 0.0198. The van der Waals surface area contributed by atoms with Gasteiger partial charge in [-0.25, -0.2) is 5.48 Å². The molecule has 0 aromatic carbocycles. The molecule has 0 aromatic heterocycles. The number of likely N-dealkylation sites (tertiary alicyclic amines) is 1. The highest BCUT2D eigenvalue weighted by Crippen LogP contribution is 2.07. The summed E-state index contributed by atoms with van der Waals surface area (Å²) in [5, 5.41) is 0. The van der Waals surface area contributed by atoms with Gasteiger partial charge in [-0.2, -0.15) is 0 Å². The zero-order valence-corrected chi connectivity index (χ0v) is 10.5. The molecule has 0 aromatic rings. The van der Waals surface area contributed by atoms with E-state index in [1.54, 1.807) is 0 Å². The second-order valence-corrected chi connectivity index (χ2v) is 4.38. The Hall–Kier alpha value is -0.610. The van der Waals surface area contributed by atoms with Crippen LogP contribution >= 0.6 is 0 Å². The average Bonchev–Trinajstić information content (AvgIpc) is 2.79. The van der Waals surface area contributed by atoms with Gasteiger partial charge in [-0.3, -0.25) is 9.63 Å². The van der Waals surface area contributed by atoms with E-state index >= 15 is 0 Å². The van der Waals surface area contributed by atoms with Crippen molar-refractivity contribution in [1.29, 1.82) is 0 Å². The van der Waals surface area contributed by atoms with Gasteiger partial charge in [0.05, 0.1) is 6.61 Å². The number of nitrogens with zero attached hydrogens (tertiary/aromatic N) is 1. The van der Waals surface area contributed by atoms with Gasteiger partial charge in [0.2, 0.25) is 5.91 Å². The number of hydroxylamine groups is 1. The monoisotopic (exact) mass is 228 g/mol. The summed E-state index contributed by atoms with van der Waals surface area (Å²) in [5.41, 5.74) is 2.54. The van der Waals surface area contributed by atoms with E-state index in [0.29, 0.717) is 6.61 Å². The zero-order valence-electron chi connectivity index (χ0n) is 10.5. The topological polar surface area (TPSA) is 41.6 Å². The molecule has 1 amide bonds. The molecule has 1 saturated heterocycles. The highest BCUT2D eigenvalue weighted by atomic mass is 16.7. The van der Waals surface area contributed by atoms with Crippen molar-refractivity contribution < 1.29 is 9.63 Å². The van der Waals surface area contributed by atoms with Gasteiger partial charge in [0, 0.05) is 12.5 Å². The lowest BCUT2D eigenvalue weighted by Gasteiger charge is -2.16. The van der Waals surface area contributed by atoms with Crippen molar-refractivity contribution in [1.82, 2.24) is 10.4 Å². The summed E-state index contributed by atoms with van der Waals surface area (Å²) in [6, 6.07) is 0. The van der Waals surface area contributed by atoms with E-state index < -0.39 is 0 Å². The zero-order chi connectivity index (χ0) is 11.8. The molecule has 1 aliphatic heterocycles. The predicted octanol–water partition coefficient (Wildman–Crippen LogP) is 1.57. The van der Waals surface area contributed by atoms with E-state index in [0.717, 1.165) is 19.4 Å². The summed E-state index contributed by atoms with van der Waals surface area (Å²) < 4.78 is 0. The fourth-order valence-electron chi connectivity index (χ4n) is 2.05. The van der Waals surface area contributed by atoms with E-state index in [9.17, 15) is 4.79 Å². The van der Waals surface area contributed by atoms with E-state index in [2.05, 4.69) is 10.4 Å². The first-order valence-electron chi connectivity index (χ1n) is 6.41. The van der Waals surface area contributed by atoms with E-state index in [4.69, 9.17) is 4.84 Å². The predicted molar refractivity (Wildman–Crippen MR) is 63.8 cm³/mol. The van der Waals surface area contributed by atoms with Gasteiger partial charge < -0.3 is 4.90 Å². The van der Waals surface area contributed by atoms with Crippen LogP contribution in [0.3, 0.4) is 0 Å². The standard InChI is InChI=1S/C12H24N2O2/c1-3-11(4-2)12(15)13-16-10-9-14-7-5-6-8-14/h11H,3-10H2,1-2H3,(H,13,15). The number of hydrogen-bond donors (Lipinski definition) is 1. The van der Waals surface area contributed by atoms with Crippen molar-refractivity contribution in [3.05, 3.63) is 0 Å². The first-order valence-corrected chi connectivity index (χ1v) is 6.41. The van der Waals surface area contributed by atoms with Crippen LogP contribution in [-0.4, -0.2) is 37.0 Å². The van der Waals surface area contributed by atoms with Gasteiger partial charge in [-0.1, -0.05) is 13.8 Å². The molecule has 16 heavy (non-hydrogen) atoms. The lowest BCUT2D eigenvalue weighted by molar-refractivity contribution is -0.138. The second kappa shape index (κ2) is 7.63.